The summed E-state index contributed by atoms with van der Waals surface area (Å²) in [6.07, 6.45) is 1.63. The van der Waals surface area contributed by atoms with Gasteiger partial charge in [-0.15, -0.1) is 0 Å². The zero-order valence-corrected chi connectivity index (χ0v) is 7.93. The Balaban J connectivity index is 1.98. The molecule has 0 saturated heterocycles. The topological polar surface area (TPSA) is 35.3 Å². The van der Waals surface area contributed by atoms with Crippen LogP contribution in [0.2, 0.25) is 0 Å². The van der Waals surface area contributed by atoms with Crippen LogP contribution in [0, 0.1) is 6.92 Å². The number of aryl methyl sites for hydroxylation is 1. The Morgan fingerprint density at radius 2 is 2.21 bits per heavy atom. The first-order chi connectivity index (χ1) is 6.84. The Morgan fingerprint density at radius 1 is 1.29 bits per heavy atom. The van der Waals surface area contributed by atoms with Crippen LogP contribution < -0.4 is 4.74 Å². The fraction of sp³-hybridized carbons (Fsp3) is 0.182. The van der Waals surface area contributed by atoms with E-state index >= 15 is 0 Å². The van der Waals surface area contributed by atoms with Crippen molar-refractivity contribution < 1.29 is 9.15 Å². The molecule has 14 heavy (non-hydrogen) atoms. The van der Waals surface area contributed by atoms with E-state index in [0.29, 0.717) is 12.5 Å². The first-order valence-electron chi connectivity index (χ1n) is 4.43. The van der Waals surface area contributed by atoms with Gasteiger partial charge in [-0.1, -0.05) is 6.07 Å². The van der Waals surface area contributed by atoms with Crippen molar-refractivity contribution in [2.24, 2.45) is 0 Å². The number of nitrogens with zero attached hydrogens (tertiary/aromatic N) is 1. The van der Waals surface area contributed by atoms with Gasteiger partial charge in [0.25, 0.3) is 0 Å². The van der Waals surface area contributed by atoms with Crippen molar-refractivity contribution in [2.45, 2.75) is 13.5 Å². The summed E-state index contributed by atoms with van der Waals surface area (Å²) in [5.74, 6) is 1.43. The molecule has 0 radical (unpaired) electrons. The molecule has 3 nitrogen and oxygen atoms in total. The largest absolute Gasteiger partial charge is 0.469 e. The van der Waals surface area contributed by atoms with Crippen molar-refractivity contribution in [1.82, 2.24) is 4.98 Å². The number of rotatable bonds is 3. The molecule has 2 aromatic heterocycles. The highest BCUT2D eigenvalue weighted by atomic mass is 16.5. The number of pyridine rings is 1. The zero-order chi connectivity index (χ0) is 9.80. The lowest BCUT2D eigenvalue weighted by Crippen LogP contribution is -1.96. The van der Waals surface area contributed by atoms with Crippen LogP contribution in [0.1, 0.15) is 11.5 Å². The highest BCUT2D eigenvalue weighted by Crippen LogP contribution is 2.09. The molecule has 0 amide bonds. The summed E-state index contributed by atoms with van der Waals surface area (Å²) in [4.78, 5) is 4.21. The van der Waals surface area contributed by atoms with Gasteiger partial charge in [-0.25, -0.2) is 4.98 Å². The maximum atomic E-state index is 5.43. The van der Waals surface area contributed by atoms with Gasteiger partial charge in [0.15, 0.2) is 0 Å². The second kappa shape index (κ2) is 3.96. The molecule has 2 aromatic rings. The van der Waals surface area contributed by atoms with Crippen LogP contribution in [0.5, 0.6) is 5.88 Å². The van der Waals surface area contributed by atoms with Crippen LogP contribution in [0.15, 0.2) is 41.0 Å². The molecule has 0 bridgehead atoms. The number of ether oxygens (including phenoxy) is 1. The molecule has 0 spiro atoms. The molecule has 0 aliphatic carbocycles. The average Bonchev–Trinajstić information content (AvgIpc) is 2.67. The molecule has 0 saturated carbocycles. The normalized spacial score (nSPS) is 10.1. The van der Waals surface area contributed by atoms with E-state index in [1.165, 1.54) is 0 Å². The molecular weight excluding hydrogens is 178 g/mol. The van der Waals surface area contributed by atoms with Crippen molar-refractivity contribution in [3.63, 3.8) is 0 Å². The van der Waals surface area contributed by atoms with Gasteiger partial charge in [-0.05, 0) is 25.1 Å². The van der Waals surface area contributed by atoms with E-state index in [-0.39, 0.29) is 0 Å². The van der Waals surface area contributed by atoms with E-state index in [4.69, 9.17) is 9.15 Å². The van der Waals surface area contributed by atoms with Crippen molar-refractivity contribution in [3.8, 4) is 5.88 Å². The number of aromatic nitrogens is 1. The highest BCUT2D eigenvalue weighted by molar-refractivity contribution is 5.14. The summed E-state index contributed by atoms with van der Waals surface area (Å²) in [5, 5.41) is 0. The fourth-order valence-corrected chi connectivity index (χ4v) is 1.14. The molecule has 0 aromatic carbocycles. The predicted molar refractivity (Wildman–Crippen MR) is 52.0 cm³/mol. The molecule has 72 valence electrons. The first-order valence-corrected chi connectivity index (χ1v) is 4.43. The van der Waals surface area contributed by atoms with E-state index in [0.717, 1.165) is 11.5 Å². The van der Waals surface area contributed by atoms with Gasteiger partial charge in [0, 0.05) is 11.8 Å². The minimum atomic E-state index is 0.420. The molecule has 0 atom stereocenters. The molecule has 0 fully saturated rings. The average molecular weight is 189 g/mol. The summed E-state index contributed by atoms with van der Waals surface area (Å²) in [5.41, 5.74) is 0.946. The van der Waals surface area contributed by atoms with E-state index in [2.05, 4.69) is 4.98 Å². The lowest BCUT2D eigenvalue weighted by Gasteiger charge is -2.02. The smallest absolute Gasteiger partial charge is 0.213 e. The molecule has 0 N–H and O–H groups in total. The van der Waals surface area contributed by atoms with Crippen molar-refractivity contribution in [3.05, 3.63) is 48.0 Å². The number of furan rings is 1. The molecule has 2 rings (SSSR count). The molecule has 0 unspecified atom stereocenters. The van der Waals surface area contributed by atoms with Gasteiger partial charge in [-0.3, -0.25) is 0 Å². The van der Waals surface area contributed by atoms with E-state index < -0.39 is 0 Å². The maximum absolute atomic E-state index is 5.43. The highest BCUT2D eigenvalue weighted by Gasteiger charge is 1.98. The van der Waals surface area contributed by atoms with Crippen LogP contribution in [0.3, 0.4) is 0 Å². The lowest BCUT2D eigenvalue weighted by molar-refractivity contribution is 0.260. The zero-order valence-electron chi connectivity index (χ0n) is 7.93. The fourth-order valence-electron chi connectivity index (χ4n) is 1.14. The second-order valence-corrected chi connectivity index (χ2v) is 2.99. The lowest BCUT2D eigenvalue weighted by atomic mass is 10.4. The van der Waals surface area contributed by atoms with Crippen LogP contribution in [0.4, 0.5) is 0 Å². The molecule has 3 heteroatoms. The quantitative estimate of drug-likeness (QED) is 0.744. The predicted octanol–water partition coefficient (Wildman–Crippen LogP) is 2.56. The van der Waals surface area contributed by atoms with E-state index in [1.54, 1.807) is 6.26 Å². The molecular formula is C11H11NO2. The summed E-state index contributed by atoms with van der Waals surface area (Å²) in [7, 11) is 0. The number of hydrogen-bond acceptors (Lipinski definition) is 3. The van der Waals surface area contributed by atoms with Crippen LogP contribution in [-0.4, -0.2) is 4.98 Å². The van der Waals surface area contributed by atoms with Gasteiger partial charge >= 0.3 is 0 Å². The van der Waals surface area contributed by atoms with Gasteiger partial charge < -0.3 is 9.15 Å². The molecule has 0 aliphatic heterocycles. The molecule has 0 aliphatic rings. The summed E-state index contributed by atoms with van der Waals surface area (Å²) in [6, 6.07) is 9.38. The standard InChI is InChI=1S/C11H11NO2/c1-9-4-2-6-11(12-9)14-8-10-5-3-7-13-10/h2-7H,8H2,1H3. The third-order valence-electron chi connectivity index (χ3n) is 1.81. The Hall–Kier alpha value is -1.77. The molecule has 2 heterocycles. The minimum Gasteiger partial charge on any atom is -0.469 e. The third kappa shape index (κ3) is 2.13. The van der Waals surface area contributed by atoms with Crippen LogP contribution in [-0.2, 0) is 6.61 Å². The van der Waals surface area contributed by atoms with Gasteiger partial charge in [0.2, 0.25) is 5.88 Å². The Bertz CT molecular complexity index is 395. The van der Waals surface area contributed by atoms with Crippen LogP contribution in [0.25, 0.3) is 0 Å². The van der Waals surface area contributed by atoms with Crippen molar-refractivity contribution in [2.75, 3.05) is 0 Å². The van der Waals surface area contributed by atoms with Crippen molar-refractivity contribution in [1.29, 1.82) is 0 Å². The van der Waals surface area contributed by atoms with Crippen LogP contribution >= 0.6 is 0 Å². The Kier molecular flexibility index (Phi) is 2.49. The van der Waals surface area contributed by atoms with Gasteiger partial charge in [-0.2, -0.15) is 0 Å². The SMILES string of the molecule is Cc1cccc(OCc2ccco2)n1. The first kappa shape index (κ1) is 8.81. The second-order valence-electron chi connectivity index (χ2n) is 2.99. The van der Waals surface area contributed by atoms with Crippen molar-refractivity contribution >= 4 is 0 Å². The monoisotopic (exact) mass is 189 g/mol. The minimum absolute atomic E-state index is 0.420. The number of hydrogen-bond donors (Lipinski definition) is 0. The van der Waals surface area contributed by atoms with Gasteiger partial charge in [0.05, 0.1) is 6.26 Å². The summed E-state index contributed by atoms with van der Waals surface area (Å²) >= 11 is 0. The summed E-state index contributed by atoms with van der Waals surface area (Å²) in [6.45, 7) is 2.35. The Morgan fingerprint density at radius 3 is 2.93 bits per heavy atom. The maximum Gasteiger partial charge on any atom is 0.213 e. The van der Waals surface area contributed by atoms with Gasteiger partial charge in [0.1, 0.15) is 12.4 Å². The van der Waals surface area contributed by atoms with E-state index in [9.17, 15) is 0 Å². The summed E-state index contributed by atoms with van der Waals surface area (Å²) < 4.78 is 10.6. The third-order valence-corrected chi connectivity index (χ3v) is 1.81. The van der Waals surface area contributed by atoms with E-state index in [1.807, 2.05) is 37.3 Å². The Labute approximate surface area is 82.3 Å².